The van der Waals surface area contributed by atoms with Crippen LogP contribution in [0.5, 0.6) is 0 Å². The first kappa shape index (κ1) is 19.1. The largest absolute Gasteiger partial charge is 0.380 e. The van der Waals surface area contributed by atoms with Crippen LogP contribution in [0.1, 0.15) is 42.1 Å². The maximum Gasteiger partial charge on any atom is 0.253 e. The number of halogens is 1. The Morgan fingerprint density at radius 1 is 1.13 bits per heavy atom. The molecule has 160 valence electrons. The second-order valence-corrected chi connectivity index (χ2v) is 9.70. The van der Waals surface area contributed by atoms with Gasteiger partial charge in [-0.05, 0) is 49.2 Å². The molecule has 1 N–H and O–H groups in total. The van der Waals surface area contributed by atoms with Crippen molar-refractivity contribution < 1.29 is 9.53 Å². The molecule has 3 heterocycles. The van der Waals surface area contributed by atoms with Crippen molar-refractivity contribution in [3.8, 4) is 0 Å². The van der Waals surface area contributed by atoms with Gasteiger partial charge in [0.1, 0.15) is 5.52 Å². The monoisotopic (exact) mass is 436 g/mol. The number of ether oxygens (including phenoxy) is 1. The van der Waals surface area contributed by atoms with Crippen LogP contribution in [-0.4, -0.2) is 46.7 Å². The first-order valence-electron chi connectivity index (χ1n) is 11.0. The van der Waals surface area contributed by atoms with Gasteiger partial charge in [0.15, 0.2) is 0 Å². The van der Waals surface area contributed by atoms with E-state index in [1.54, 1.807) is 0 Å². The van der Waals surface area contributed by atoms with Gasteiger partial charge in [0.2, 0.25) is 0 Å². The molecule has 1 aliphatic carbocycles. The summed E-state index contributed by atoms with van der Waals surface area (Å²) in [6.07, 6.45) is 6.88. The molecular formula is C24H25ClN4O2. The van der Waals surface area contributed by atoms with Crippen LogP contribution in [0.3, 0.4) is 0 Å². The summed E-state index contributed by atoms with van der Waals surface area (Å²) in [5.74, 6) is 0.0875. The molecule has 2 aromatic carbocycles. The highest BCUT2D eigenvalue weighted by atomic mass is 35.5. The Hall–Kier alpha value is -2.57. The number of aromatic nitrogens is 2. The van der Waals surface area contributed by atoms with E-state index in [1.807, 2.05) is 47.6 Å². The SMILES string of the molecule is O=C(c1ccc(Nc2cc(Cl)cc3c2ncn3C2CCCC2)cc1)N1CC2(COC2)C1. The van der Waals surface area contributed by atoms with E-state index in [0.717, 1.165) is 48.7 Å². The Kier molecular flexibility index (Phi) is 4.47. The number of nitrogens with zero attached hydrogens (tertiary/aromatic N) is 3. The van der Waals surface area contributed by atoms with E-state index in [1.165, 1.54) is 25.7 Å². The summed E-state index contributed by atoms with van der Waals surface area (Å²) in [7, 11) is 0. The predicted molar refractivity (Wildman–Crippen MR) is 121 cm³/mol. The minimum atomic E-state index is 0.0875. The summed E-state index contributed by atoms with van der Waals surface area (Å²) >= 11 is 6.45. The highest BCUT2D eigenvalue weighted by Gasteiger charge is 2.50. The van der Waals surface area contributed by atoms with Gasteiger partial charge in [0.25, 0.3) is 5.91 Å². The van der Waals surface area contributed by atoms with Crippen LogP contribution in [0.25, 0.3) is 11.0 Å². The fraction of sp³-hybridized carbons (Fsp3) is 0.417. The molecule has 2 aliphatic heterocycles. The van der Waals surface area contributed by atoms with E-state index >= 15 is 0 Å². The van der Waals surface area contributed by atoms with Gasteiger partial charge in [-0.15, -0.1) is 0 Å². The van der Waals surface area contributed by atoms with Crippen molar-refractivity contribution in [2.45, 2.75) is 31.7 Å². The Balaban J connectivity index is 1.21. The summed E-state index contributed by atoms with van der Waals surface area (Å²) in [6, 6.07) is 12.1. The fourth-order valence-corrected chi connectivity index (χ4v) is 5.40. The number of carbonyl (C=O) groups excluding carboxylic acids is 1. The third-order valence-corrected chi connectivity index (χ3v) is 7.15. The average Bonchev–Trinajstić information content (AvgIpc) is 3.35. The van der Waals surface area contributed by atoms with E-state index in [0.29, 0.717) is 16.6 Å². The fourth-order valence-electron chi connectivity index (χ4n) is 5.18. The van der Waals surface area contributed by atoms with Gasteiger partial charge in [-0.2, -0.15) is 0 Å². The summed E-state index contributed by atoms with van der Waals surface area (Å²) < 4.78 is 7.57. The van der Waals surface area contributed by atoms with E-state index in [9.17, 15) is 4.79 Å². The number of anilines is 2. The molecular weight excluding hydrogens is 412 g/mol. The summed E-state index contributed by atoms with van der Waals surface area (Å²) in [5, 5.41) is 4.13. The average molecular weight is 437 g/mol. The molecule has 0 atom stereocenters. The van der Waals surface area contributed by atoms with Crippen molar-refractivity contribution in [1.82, 2.24) is 14.5 Å². The number of benzene rings is 2. The Morgan fingerprint density at radius 2 is 1.87 bits per heavy atom. The molecule has 3 aliphatic rings. The molecule has 6 rings (SSSR count). The first-order valence-corrected chi connectivity index (χ1v) is 11.4. The molecule has 7 heteroatoms. The minimum Gasteiger partial charge on any atom is -0.380 e. The van der Waals surface area contributed by atoms with Crippen molar-refractivity contribution in [3.63, 3.8) is 0 Å². The predicted octanol–water partition coefficient (Wildman–Crippen LogP) is 5.02. The Labute approximate surface area is 186 Å². The molecule has 0 radical (unpaired) electrons. The van der Waals surface area contributed by atoms with Crippen molar-refractivity contribution in [2.24, 2.45) is 5.41 Å². The lowest BCUT2D eigenvalue weighted by Crippen LogP contribution is -2.67. The maximum atomic E-state index is 12.7. The van der Waals surface area contributed by atoms with E-state index in [2.05, 4.69) is 14.9 Å². The molecule has 1 saturated carbocycles. The number of hydrogen-bond donors (Lipinski definition) is 1. The number of hydrogen-bond acceptors (Lipinski definition) is 4. The van der Waals surface area contributed by atoms with Crippen LogP contribution in [0.4, 0.5) is 11.4 Å². The molecule has 1 amide bonds. The lowest BCUT2D eigenvalue weighted by Gasteiger charge is -2.54. The van der Waals surface area contributed by atoms with Crippen molar-refractivity contribution in [3.05, 3.63) is 53.3 Å². The topological polar surface area (TPSA) is 59.4 Å². The van der Waals surface area contributed by atoms with Crippen LogP contribution >= 0.6 is 11.6 Å². The van der Waals surface area contributed by atoms with Gasteiger partial charge >= 0.3 is 0 Å². The number of amides is 1. The second kappa shape index (κ2) is 7.24. The minimum absolute atomic E-state index is 0.0875. The summed E-state index contributed by atoms with van der Waals surface area (Å²) in [6.45, 7) is 3.17. The smallest absolute Gasteiger partial charge is 0.253 e. The van der Waals surface area contributed by atoms with Gasteiger partial charge < -0.3 is 19.5 Å². The Morgan fingerprint density at radius 3 is 2.55 bits per heavy atom. The number of imidazole rings is 1. The number of rotatable bonds is 4. The molecule has 1 spiro atoms. The zero-order valence-corrected chi connectivity index (χ0v) is 18.1. The summed E-state index contributed by atoms with van der Waals surface area (Å²) in [5.41, 5.74) is 4.72. The molecule has 0 unspecified atom stereocenters. The number of nitrogens with one attached hydrogen (secondary N) is 1. The normalized spacial score (nSPS) is 20.1. The lowest BCUT2D eigenvalue weighted by molar-refractivity contribution is -0.176. The van der Waals surface area contributed by atoms with Crippen molar-refractivity contribution in [2.75, 3.05) is 31.6 Å². The quantitative estimate of drug-likeness (QED) is 0.623. The lowest BCUT2D eigenvalue weighted by atomic mass is 9.78. The molecule has 6 nitrogen and oxygen atoms in total. The highest BCUT2D eigenvalue weighted by molar-refractivity contribution is 6.31. The second-order valence-electron chi connectivity index (χ2n) is 9.27. The van der Waals surface area contributed by atoms with Crippen LogP contribution < -0.4 is 5.32 Å². The number of fused-ring (bicyclic) bond motifs is 1. The van der Waals surface area contributed by atoms with E-state index in [4.69, 9.17) is 16.3 Å². The van der Waals surface area contributed by atoms with Crippen LogP contribution in [-0.2, 0) is 4.74 Å². The van der Waals surface area contributed by atoms with Gasteiger partial charge in [0, 0.05) is 35.4 Å². The van der Waals surface area contributed by atoms with Crippen LogP contribution in [0, 0.1) is 5.41 Å². The highest BCUT2D eigenvalue weighted by Crippen LogP contribution is 2.39. The third kappa shape index (κ3) is 3.29. The molecule has 1 aromatic heterocycles. The van der Waals surface area contributed by atoms with Gasteiger partial charge in [-0.1, -0.05) is 24.4 Å². The van der Waals surface area contributed by atoms with Gasteiger partial charge in [-0.25, -0.2) is 4.98 Å². The third-order valence-electron chi connectivity index (χ3n) is 6.93. The standard InChI is InChI=1S/C24H25ClN4O2/c25-17-9-20(22-21(10-17)29(15-26-22)19-3-1-2-4-19)27-18-7-5-16(6-8-18)23(30)28-11-24(12-28)13-31-14-24/h5-10,15,19,27H,1-4,11-14H2. The van der Waals surface area contributed by atoms with Crippen molar-refractivity contribution in [1.29, 1.82) is 0 Å². The molecule has 3 aromatic rings. The van der Waals surface area contributed by atoms with E-state index < -0.39 is 0 Å². The van der Waals surface area contributed by atoms with Gasteiger partial charge in [0.05, 0.1) is 36.2 Å². The van der Waals surface area contributed by atoms with Crippen LogP contribution in [0.15, 0.2) is 42.7 Å². The number of likely N-dealkylation sites (tertiary alicyclic amines) is 1. The Bertz CT molecular complexity index is 1140. The van der Waals surface area contributed by atoms with Crippen LogP contribution in [0.2, 0.25) is 5.02 Å². The molecule has 31 heavy (non-hydrogen) atoms. The molecule has 3 fully saturated rings. The zero-order chi connectivity index (χ0) is 21.0. The van der Waals surface area contributed by atoms with Crippen molar-refractivity contribution >= 4 is 39.9 Å². The van der Waals surface area contributed by atoms with Gasteiger partial charge in [-0.3, -0.25) is 4.79 Å². The first-order chi connectivity index (χ1) is 15.1. The molecule has 2 saturated heterocycles. The van der Waals surface area contributed by atoms with E-state index in [-0.39, 0.29) is 11.3 Å². The zero-order valence-electron chi connectivity index (χ0n) is 17.3. The molecule has 0 bridgehead atoms. The maximum absolute atomic E-state index is 12.7. The number of carbonyl (C=O) groups is 1. The summed E-state index contributed by atoms with van der Waals surface area (Å²) in [4.78, 5) is 19.3.